The van der Waals surface area contributed by atoms with Crippen LogP contribution in [0.25, 0.3) is 0 Å². The summed E-state index contributed by atoms with van der Waals surface area (Å²) in [5, 5.41) is 0.421. The molecule has 8 nitrogen and oxygen atoms in total. The lowest BCUT2D eigenvalue weighted by Crippen LogP contribution is -2.50. The highest BCUT2D eigenvalue weighted by molar-refractivity contribution is 6.42. The van der Waals surface area contributed by atoms with Gasteiger partial charge in [-0.1, -0.05) is 23.2 Å². The monoisotopic (exact) mass is 448 g/mol. The zero-order valence-corrected chi connectivity index (χ0v) is 18.0. The molecule has 0 unspecified atom stereocenters. The summed E-state index contributed by atoms with van der Waals surface area (Å²) in [5.41, 5.74) is 7.91. The fraction of sp³-hybridized carbons (Fsp3) is 0.500. The molecule has 0 aromatic carbocycles. The second-order valence-electron chi connectivity index (χ2n) is 8.05. The Labute approximate surface area is 184 Å². The molecule has 5 rings (SSSR count). The average Bonchev–Trinajstić information content (AvgIpc) is 3.28. The van der Waals surface area contributed by atoms with Gasteiger partial charge in [0.25, 0.3) is 0 Å². The van der Waals surface area contributed by atoms with Gasteiger partial charge in [0.2, 0.25) is 5.90 Å². The van der Waals surface area contributed by atoms with Gasteiger partial charge in [-0.3, -0.25) is 0 Å². The lowest BCUT2D eigenvalue weighted by Gasteiger charge is -2.41. The van der Waals surface area contributed by atoms with Gasteiger partial charge < -0.3 is 20.1 Å². The maximum Gasteiger partial charge on any atom is 0.243 e. The summed E-state index contributed by atoms with van der Waals surface area (Å²) in [6.45, 7) is 4.98. The molecule has 2 aromatic heterocycles. The fourth-order valence-electron chi connectivity index (χ4n) is 4.40. The molecule has 1 spiro atoms. The van der Waals surface area contributed by atoms with E-state index in [4.69, 9.17) is 43.4 Å². The van der Waals surface area contributed by atoms with E-state index in [1.165, 1.54) is 6.20 Å². The third-order valence-electron chi connectivity index (χ3n) is 6.35. The molecule has 2 fully saturated rings. The van der Waals surface area contributed by atoms with Crippen LogP contribution in [0.1, 0.15) is 31.2 Å². The van der Waals surface area contributed by atoms with E-state index in [0.717, 1.165) is 44.0 Å². The second kappa shape index (κ2) is 7.60. The van der Waals surface area contributed by atoms with Gasteiger partial charge in [-0.25, -0.2) is 19.9 Å². The summed E-state index contributed by atoms with van der Waals surface area (Å²) in [6.07, 6.45) is 5.40. The molecule has 5 heterocycles. The molecule has 0 saturated carbocycles. The highest BCUT2D eigenvalue weighted by Crippen LogP contribution is 2.41. The molecule has 2 atom stereocenters. The predicted octanol–water partition coefficient (Wildman–Crippen LogP) is 2.85. The van der Waals surface area contributed by atoms with E-state index in [-0.39, 0.29) is 27.7 Å². The minimum atomic E-state index is 0.0786. The van der Waals surface area contributed by atoms with Crippen molar-refractivity contribution in [1.29, 1.82) is 0 Å². The van der Waals surface area contributed by atoms with Crippen LogP contribution < -0.4 is 15.4 Å². The molecule has 0 radical (unpaired) electrons. The summed E-state index contributed by atoms with van der Waals surface area (Å²) in [7, 11) is 0. The molecule has 3 aliphatic rings. The summed E-state index contributed by atoms with van der Waals surface area (Å²) < 4.78 is 11.6. The standard InChI is InChI=1S/C20H22Cl2N6O2/c1-11-17(23)20(10-29-11)3-6-28(7-4-20)14-9-25-16-12(27-14)8-26-19(16)30-13-2-5-24-18(22)15(13)21/h2,5,9,11,17H,3-4,6-8,10,23H2,1H3/t11-,17+/m0/s1. The summed E-state index contributed by atoms with van der Waals surface area (Å²) in [5.74, 6) is 1.62. The van der Waals surface area contributed by atoms with Crippen LogP contribution in [-0.2, 0) is 11.3 Å². The summed E-state index contributed by atoms with van der Waals surface area (Å²) in [4.78, 5) is 20.0. The van der Waals surface area contributed by atoms with Crippen LogP contribution in [0.3, 0.4) is 0 Å². The molecular weight excluding hydrogens is 427 g/mol. The maximum absolute atomic E-state index is 6.42. The van der Waals surface area contributed by atoms with Crippen molar-refractivity contribution in [2.24, 2.45) is 16.1 Å². The van der Waals surface area contributed by atoms with E-state index < -0.39 is 0 Å². The Morgan fingerprint density at radius 1 is 1.27 bits per heavy atom. The van der Waals surface area contributed by atoms with Crippen LogP contribution in [0.15, 0.2) is 23.5 Å². The first-order valence-electron chi connectivity index (χ1n) is 9.97. The number of fused-ring (bicyclic) bond motifs is 1. The van der Waals surface area contributed by atoms with Gasteiger partial charge in [0, 0.05) is 36.8 Å². The zero-order valence-electron chi connectivity index (χ0n) is 16.5. The van der Waals surface area contributed by atoms with E-state index in [9.17, 15) is 0 Å². The van der Waals surface area contributed by atoms with Gasteiger partial charge in [0.15, 0.2) is 10.9 Å². The Morgan fingerprint density at radius 3 is 2.80 bits per heavy atom. The van der Waals surface area contributed by atoms with Gasteiger partial charge >= 0.3 is 0 Å². The molecule has 0 amide bonds. The third-order valence-corrected chi connectivity index (χ3v) is 7.10. The van der Waals surface area contributed by atoms with Crippen LogP contribution in [0.5, 0.6) is 5.75 Å². The Kier molecular flexibility index (Phi) is 5.05. The number of rotatable bonds is 2. The van der Waals surface area contributed by atoms with Gasteiger partial charge in [-0.2, -0.15) is 0 Å². The van der Waals surface area contributed by atoms with Crippen molar-refractivity contribution in [3.63, 3.8) is 0 Å². The quantitative estimate of drug-likeness (QED) is 0.704. The third kappa shape index (κ3) is 3.32. The molecular formula is C20H22Cl2N6O2. The number of anilines is 1. The minimum absolute atomic E-state index is 0.0786. The maximum atomic E-state index is 6.42. The van der Waals surface area contributed by atoms with Crippen molar-refractivity contribution in [2.45, 2.75) is 38.5 Å². The van der Waals surface area contributed by atoms with Gasteiger partial charge in [0.05, 0.1) is 31.1 Å². The van der Waals surface area contributed by atoms with Crippen LogP contribution in [0.2, 0.25) is 10.2 Å². The van der Waals surface area contributed by atoms with Gasteiger partial charge in [-0.15, -0.1) is 0 Å². The molecule has 158 valence electrons. The lowest BCUT2D eigenvalue weighted by atomic mass is 9.73. The lowest BCUT2D eigenvalue weighted by molar-refractivity contribution is 0.0974. The van der Waals surface area contributed by atoms with E-state index in [1.54, 1.807) is 12.3 Å². The molecule has 30 heavy (non-hydrogen) atoms. The Bertz CT molecular complexity index is 1010. The van der Waals surface area contributed by atoms with E-state index in [1.807, 2.05) is 0 Å². The predicted molar refractivity (Wildman–Crippen MR) is 114 cm³/mol. The average molecular weight is 449 g/mol. The highest BCUT2D eigenvalue weighted by Gasteiger charge is 2.47. The molecule has 2 N–H and O–H groups in total. The Balaban J connectivity index is 1.29. The molecule has 2 saturated heterocycles. The SMILES string of the molecule is C[C@@H]1OCC2(CCN(c3cnc4c(n3)CN=C4Oc3ccnc(Cl)c3Cl)CC2)[C@@H]1N. The second-order valence-corrected chi connectivity index (χ2v) is 8.79. The first-order valence-corrected chi connectivity index (χ1v) is 10.7. The molecule has 3 aliphatic heterocycles. The van der Waals surface area contributed by atoms with Crippen molar-refractivity contribution in [1.82, 2.24) is 15.0 Å². The number of piperidine rings is 1. The fourth-order valence-corrected chi connectivity index (χ4v) is 4.70. The van der Waals surface area contributed by atoms with Crippen molar-refractivity contribution in [3.05, 3.63) is 40.0 Å². The number of hydrogen-bond donors (Lipinski definition) is 1. The van der Waals surface area contributed by atoms with Crippen molar-refractivity contribution >= 4 is 34.9 Å². The minimum Gasteiger partial charge on any atom is -0.435 e. The van der Waals surface area contributed by atoms with Crippen LogP contribution in [0, 0.1) is 5.41 Å². The van der Waals surface area contributed by atoms with Gasteiger partial charge in [-0.05, 0) is 19.8 Å². The number of ether oxygens (including phenoxy) is 2. The topological polar surface area (TPSA) is 98.8 Å². The first kappa shape index (κ1) is 19.9. The van der Waals surface area contributed by atoms with Crippen molar-refractivity contribution < 1.29 is 9.47 Å². The van der Waals surface area contributed by atoms with Crippen LogP contribution in [-0.4, -0.2) is 52.7 Å². The molecule has 0 bridgehead atoms. The number of nitrogens with zero attached hydrogens (tertiary/aromatic N) is 5. The van der Waals surface area contributed by atoms with E-state index in [0.29, 0.717) is 23.9 Å². The highest BCUT2D eigenvalue weighted by atomic mass is 35.5. The number of aromatic nitrogens is 3. The molecule has 0 aliphatic carbocycles. The van der Waals surface area contributed by atoms with E-state index >= 15 is 0 Å². The number of nitrogens with two attached hydrogens (primary N) is 1. The van der Waals surface area contributed by atoms with Crippen molar-refractivity contribution in [3.8, 4) is 5.75 Å². The number of aliphatic imine (C=N–C) groups is 1. The summed E-state index contributed by atoms with van der Waals surface area (Å²) >= 11 is 12.1. The Hall–Kier alpha value is -2.00. The number of pyridine rings is 1. The summed E-state index contributed by atoms with van der Waals surface area (Å²) in [6, 6.07) is 1.73. The normalized spacial score (nSPS) is 24.8. The van der Waals surface area contributed by atoms with Crippen molar-refractivity contribution in [2.75, 3.05) is 24.6 Å². The smallest absolute Gasteiger partial charge is 0.243 e. The zero-order chi connectivity index (χ0) is 20.9. The van der Waals surface area contributed by atoms with Gasteiger partial charge in [0.1, 0.15) is 16.5 Å². The van der Waals surface area contributed by atoms with E-state index in [2.05, 4.69) is 26.8 Å². The first-order chi connectivity index (χ1) is 14.5. The Morgan fingerprint density at radius 2 is 2.07 bits per heavy atom. The van der Waals surface area contributed by atoms with Crippen LogP contribution in [0.4, 0.5) is 5.82 Å². The number of halogens is 2. The largest absolute Gasteiger partial charge is 0.435 e. The molecule has 2 aromatic rings. The van der Waals surface area contributed by atoms with Crippen LogP contribution >= 0.6 is 23.2 Å². The molecule has 10 heteroatoms. The number of hydrogen-bond acceptors (Lipinski definition) is 8.